The van der Waals surface area contributed by atoms with Crippen LogP contribution in [0, 0.1) is 5.92 Å². The monoisotopic (exact) mass is 267 g/mol. The number of thioether (sulfide) groups is 1. The lowest BCUT2D eigenvalue weighted by Gasteiger charge is -2.30. The molecule has 17 heavy (non-hydrogen) atoms. The fourth-order valence-corrected chi connectivity index (χ4v) is 5.35. The zero-order valence-corrected chi connectivity index (χ0v) is 12.1. The van der Waals surface area contributed by atoms with Gasteiger partial charge in [-0.05, 0) is 42.3 Å². The summed E-state index contributed by atoms with van der Waals surface area (Å²) in [6.07, 6.45) is 7.09. The van der Waals surface area contributed by atoms with E-state index in [1.807, 2.05) is 11.3 Å². The van der Waals surface area contributed by atoms with E-state index in [1.54, 1.807) is 9.77 Å². The third-order valence-corrected chi connectivity index (χ3v) is 6.42. The van der Waals surface area contributed by atoms with Gasteiger partial charge < -0.3 is 5.32 Å². The Hall–Kier alpha value is 0.01000. The molecule has 0 spiro atoms. The second-order valence-electron chi connectivity index (χ2n) is 5.42. The van der Waals surface area contributed by atoms with Crippen molar-refractivity contribution in [3.8, 4) is 0 Å². The normalized spacial score (nSPS) is 28.8. The predicted octanol–water partition coefficient (Wildman–Crippen LogP) is 4.45. The highest BCUT2D eigenvalue weighted by atomic mass is 32.2. The molecule has 3 rings (SSSR count). The maximum absolute atomic E-state index is 3.79. The summed E-state index contributed by atoms with van der Waals surface area (Å²) in [5.74, 6) is 1.03. The van der Waals surface area contributed by atoms with Crippen molar-refractivity contribution >= 4 is 23.1 Å². The van der Waals surface area contributed by atoms with E-state index in [0.717, 1.165) is 11.2 Å². The fraction of sp³-hybridized carbons (Fsp3) is 0.714. The molecular formula is C14H21NS2. The van der Waals surface area contributed by atoms with E-state index in [0.29, 0.717) is 6.04 Å². The molecule has 2 atom stereocenters. The molecule has 0 amide bonds. The first-order chi connectivity index (χ1) is 8.33. The topological polar surface area (TPSA) is 12.0 Å². The summed E-state index contributed by atoms with van der Waals surface area (Å²) in [7, 11) is 0. The van der Waals surface area contributed by atoms with Gasteiger partial charge in [0.25, 0.3) is 0 Å². The number of hydrogen-bond acceptors (Lipinski definition) is 3. The van der Waals surface area contributed by atoms with Crippen molar-refractivity contribution in [2.75, 3.05) is 6.54 Å². The molecule has 1 aliphatic carbocycles. The molecule has 0 aromatic carbocycles. The molecule has 3 heteroatoms. The summed E-state index contributed by atoms with van der Waals surface area (Å²) in [5.41, 5.74) is 1.56. The lowest BCUT2D eigenvalue weighted by atomic mass is 9.83. The number of fused-ring (bicyclic) bond motifs is 1. The quantitative estimate of drug-likeness (QED) is 0.865. The largest absolute Gasteiger partial charge is 0.310 e. The first kappa shape index (κ1) is 12.1. The molecule has 1 aromatic rings. The molecule has 1 unspecified atom stereocenters. The van der Waals surface area contributed by atoms with Crippen LogP contribution in [-0.4, -0.2) is 11.8 Å². The molecular weight excluding hydrogens is 246 g/mol. The molecule has 0 radical (unpaired) electrons. The minimum Gasteiger partial charge on any atom is -0.310 e. The van der Waals surface area contributed by atoms with Crippen LogP contribution in [0.5, 0.6) is 0 Å². The van der Waals surface area contributed by atoms with Crippen LogP contribution in [0.15, 0.2) is 15.7 Å². The Morgan fingerprint density at radius 3 is 3.06 bits per heavy atom. The summed E-state index contributed by atoms with van der Waals surface area (Å²) in [5, 5.41) is 6.80. The predicted molar refractivity (Wildman–Crippen MR) is 77.0 cm³/mol. The van der Waals surface area contributed by atoms with Gasteiger partial charge in [-0.1, -0.05) is 26.2 Å². The molecule has 1 saturated carbocycles. The molecule has 0 bridgehead atoms. The summed E-state index contributed by atoms with van der Waals surface area (Å²) < 4.78 is 1.55. The Labute approximate surface area is 112 Å². The lowest BCUT2D eigenvalue weighted by molar-refractivity contribution is 0.286. The van der Waals surface area contributed by atoms with E-state index in [4.69, 9.17) is 0 Å². The Bertz CT molecular complexity index is 370. The Balaban J connectivity index is 1.55. The molecule has 2 aliphatic rings. The van der Waals surface area contributed by atoms with Gasteiger partial charge in [0.1, 0.15) is 0 Å². The summed E-state index contributed by atoms with van der Waals surface area (Å²) in [4.78, 5) is 0. The number of thiophene rings is 1. The standard InChI is InChI=1S/C14H21NS2/c1-10-9-13(12-6-8-16-14(12)17-10)15-7-5-11-3-2-4-11/h6,8,10-11,13,15H,2-5,7,9H2,1H3/t10-,13?/m0/s1. The van der Waals surface area contributed by atoms with Crippen LogP contribution < -0.4 is 5.32 Å². The molecule has 1 aromatic heterocycles. The average Bonchev–Trinajstić information content (AvgIpc) is 2.69. The van der Waals surface area contributed by atoms with Crippen LogP contribution in [0.25, 0.3) is 0 Å². The van der Waals surface area contributed by atoms with E-state index < -0.39 is 0 Å². The highest BCUT2D eigenvalue weighted by Gasteiger charge is 2.26. The van der Waals surface area contributed by atoms with Crippen molar-refractivity contribution in [1.82, 2.24) is 5.32 Å². The van der Waals surface area contributed by atoms with Crippen LogP contribution >= 0.6 is 23.1 Å². The van der Waals surface area contributed by atoms with Crippen LogP contribution in [-0.2, 0) is 0 Å². The smallest absolute Gasteiger partial charge is 0.0649 e. The summed E-state index contributed by atoms with van der Waals surface area (Å²) in [6.45, 7) is 3.57. The number of nitrogens with one attached hydrogen (secondary N) is 1. The third kappa shape index (κ3) is 2.72. The average molecular weight is 267 g/mol. The number of hydrogen-bond donors (Lipinski definition) is 1. The molecule has 0 saturated heterocycles. The van der Waals surface area contributed by atoms with Crippen molar-refractivity contribution < 1.29 is 0 Å². The summed E-state index contributed by atoms with van der Waals surface area (Å²) >= 11 is 3.97. The summed E-state index contributed by atoms with van der Waals surface area (Å²) in [6, 6.07) is 2.94. The second-order valence-corrected chi connectivity index (χ2v) is 8.04. The molecule has 94 valence electrons. The maximum atomic E-state index is 3.79. The SMILES string of the molecule is C[C@H]1CC(NCCC2CCC2)c2ccsc2S1. The maximum Gasteiger partial charge on any atom is 0.0649 e. The van der Waals surface area contributed by atoms with Gasteiger partial charge in [0.15, 0.2) is 0 Å². The zero-order chi connectivity index (χ0) is 11.7. The van der Waals surface area contributed by atoms with Gasteiger partial charge >= 0.3 is 0 Å². The Kier molecular flexibility index (Phi) is 3.78. The van der Waals surface area contributed by atoms with Crippen molar-refractivity contribution in [2.24, 2.45) is 5.92 Å². The van der Waals surface area contributed by atoms with Crippen LogP contribution in [0.4, 0.5) is 0 Å². The first-order valence-corrected chi connectivity index (χ1v) is 8.56. The Morgan fingerprint density at radius 1 is 1.41 bits per heavy atom. The number of rotatable bonds is 4. The van der Waals surface area contributed by atoms with E-state index >= 15 is 0 Å². The zero-order valence-electron chi connectivity index (χ0n) is 10.4. The van der Waals surface area contributed by atoms with Crippen LogP contribution in [0.2, 0.25) is 0 Å². The molecule has 1 fully saturated rings. The highest BCUT2D eigenvalue weighted by Crippen LogP contribution is 2.43. The third-order valence-electron chi connectivity index (χ3n) is 4.08. The van der Waals surface area contributed by atoms with Crippen LogP contribution in [0.1, 0.15) is 50.6 Å². The fourth-order valence-electron chi connectivity index (χ4n) is 2.79. The van der Waals surface area contributed by atoms with Gasteiger partial charge in [-0.25, -0.2) is 0 Å². The van der Waals surface area contributed by atoms with Gasteiger partial charge in [0.2, 0.25) is 0 Å². The van der Waals surface area contributed by atoms with Gasteiger partial charge in [-0.3, -0.25) is 0 Å². The highest BCUT2D eigenvalue weighted by molar-refractivity contribution is 8.01. The van der Waals surface area contributed by atoms with Crippen LogP contribution in [0.3, 0.4) is 0 Å². The molecule has 1 N–H and O–H groups in total. The van der Waals surface area contributed by atoms with Crippen molar-refractivity contribution in [2.45, 2.75) is 54.5 Å². The van der Waals surface area contributed by atoms with E-state index in [2.05, 4.69) is 35.4 Å². The van der Waals surface area contributed by atoms with Crippen molar-refractivity contribution in [1.29, 1.82) is 0 Å². The van der Waals surface area contributed by atoms with Gasteiger partial charge in [-0.2, -0.15) is 0 Å². The van der Waals surface area contributed by atoms with Gasteiger partial charge in [-0.15, -0.1) is 23.1 Å². The van der Waals surface area contributed by atoms with E-state index in [1.165, 1.54) is 38.6 Å². The Morgan fingerprint density at radius 2 is 2.29 bits per heavy atom. The van der Waals surface area contributed by atoms with E-state index in [-0.39, 0.29) is 0 Å². The second kappa shape index (κ2) is 5.33. The lowest BCUT2D eigenvalue weighted by Crippen LogP contribution is -2.29. The minimum absolute atomic E-state index is 0.618. The minimum atomic E-state index is 0.618. The first-order valence-electron chi connectivity index (χ1n) is 6.80. The van der Waals surface area contributed by atoms with Crippen molar-refractivity contribution in [3.05, 3.63) is 17.0 Å². The van der Waals surface area contributed by atoms with Gasteiger partial charge in [0.05, 0.1) is 4.21 Å². The molecule has 2 heterocycles. The molecule has 1 aliphatic heterocycles. The van der Waals surface area contributed by atoms with E-state index in [9.17, 15) is 0 Å². The van der Waals surface area contributed by atoms with Gasteiger partial charge in [0, 0.05) is 11.3 Å². The van der Waals surface area contributed by atoms with Crippen molar-refractivity contribution in [3.63, 3.8) is 0 Å². The molecule has 1 nitrogen and oxygen atoms in total.